The van der Waals surface area contributed by atoms with Gasteiger partial charge in [-0.05, 0) is 24.3 Å². The van der Waals surface area contributed by atoms with Crippen LogP contribution in [0, 0.1) is 11.6 Å². The molecule has 0 radical (unpaired) electrons. The molecule has 1 heterocycles. The Labute approximate surface area is 114 Å². The highest BCUT2D eigenvalue weighted by Crippen LogP contribution is 2.14. The first-order chi connectivity index (χ1) is 9.70. The van der Waals surface area contributed by atoms with Crippen LogP contribution in [-0.4, -0.2) is 9.97 Å². The number of halogens is 2. The van der Waals surface area contributed by atoms with Gasteiger partial charge < -0.3 is 5.32 Å². The average Bonchev–Trinajstić information content (AvgIpc) is 2.44. The number of rotatable bonds is 3. The Morgan fingerprint density at radius 3 is 2.40 bits per heavy atom. The molecule has 0 fully saturated rings. The zero-order valence-corrected chi connectivity index (χ0v) is 10.5. The van der Waals surface area contributed by atoms with Crippen molar-refractivity contribution >= 4 is 16.7 Å². The van der Waals surface area contributed by atoms with E-state index in [1.54, 1.807) is 6.20 Å². The van der Waals surface area contributed by atoms with Crippen LogP contribution in [0.2, 0.25) is 0 Å². The van der Waals surface area contributed by atoms with Crippen molar-refractivity contribution in [1.82, 2.24) is 9.97 Å². The second-order valence-electron chi connectivity index (χ2n) is 4.36. The minimum absolute atomic E-state index is 0.348. The molecular weight excluding hydrogens is 260 g/mol. The van der Waals surface area contributed by atoms with E-state index < -0.39 is 11.6 Å². The molecule has 0 amide bonds. The topological polar surface area (TPSA) is 37.8 Å². The number of anilines is 1. The van der Waals surface area contributed by atoms with E-state index in [0.717, 1.165) is 17.1 Å². The summed E-state index contributed by atoms with van der Waals surface area (Å²) < 4.78 is 26.1. The molecule has 0 bridgehead atoms. The highest BCUT2D eigenvalue weighted by molar-refractivity contribution is 5.73. The Balaban J connectivity index is 1.79. The molecule has 0 aliphatic carbocycles. The SMILES string of the molecule is Fc1cc(F)cc(NCc2cnc3ccccc3n2)c1. The minimum atomic E-state index is -0.614. The Kier molecular flexibility index (Phi) is 3.25. The number of nitrogens with one attached hydrogen (secondary N) is 1. The fourth-order valence-corrected chi connectivity index (χ4v) is 1.93. The third-order valence-electron chi connectivity index (χ3n) is 2.83. The number of fused-ring (bicyclic) bond motifs is 1. The van der Waals surface area contributed by atoms with E-state index in [2.05, 4.69) is 15.3 Å². The maximum Gasteiger partial charge on any atom is 0.128 e. The summed E-state index contributed by atoms with van der Waals surface area (Å²) in [5.41, 5.74) is 2.68. The predicted octanol–water partition coefficient (Wildman–Crippen LogP) is 3.52. The number of aromatic nitrogens is 2. The van der Waals surface area contributed by atoms with Crippen LogP contribution in [0.4, 0.5) is 14.5 Å². The van der Waals surface area contributed by atoms with Gasteiger partial charge in [0.1, 0.15) is 11.6 Å². The number of para-hydroxylation sites is 2. The molecule has 3 aromatic rings. The Morgan fingerprint density at radius 2 is 1.65 bits per heavy atom. The fourth-order valence-electron chi connectivity index (χ4n) is 1.93. The number of benzene rings is 2. The Morgan fingerprint density at radius 1 is 0.950 bits per heavy atom. The van der Waals surface area contributed by atoms with Gasteiger partial charge in [0.05, 0.1) is 29.5 Å². The lowest BCUT2D eigenvalue weighted by molar-refractivity contribution is 0.584. The molecular formula is C15H11F2N3. The molecule has 0 spiro atoms. The molecule has 1 aromatic heterocycles. The first-order valence-corrected chi connectivity index (χ1v) is 6.11. The summed E-state index contributed by atoms with van der Waals surface area (Å²) in [7, 11) is 0. The molecule has 0 saturated carbocycles. The van der Waals surface area contributed by atoms with Crippen LogP contribution in [0.5, 0.6) is 0 Å². The van der Waals surface area contributed by atoms with Gasteiger partial charge in [0.25, 0.3) is 0 Å². The third kappa shape index (κ3) is 2.71. The molecule has 20 heavy (non-hydrogen) atoms. The molecule has 100 valence electrons. The highest BCUT2D eigenvalue weighted by Gasteiger charge is 2.02. The molecule has 0 unspecified atom stereocenters. The Bertz CT molecular complexity index is 739. The first-order valence-electron chi connectivity index (χ1n) is 6.11. The second kappa shape index (κ2) is 5.21. The number of hydrogen-bond donors (Lipinski definition) is 1. The summed E-state index contributed by atoms with van der Waals surface area (Å²) in [6.45, 7) is 0.348. The monoisotopic (exact) mass is 271 g/mol. The summed E-state index contributed by atoms with van der Waals surface area (Å²) in [6.07, 6.45) is 1.64. The minimum Gasteiger partial charge on any atom is -0.379 e. The molecule has 0 aliphatic rings. The zero-order valence-electron chi connectivity index (χ0n) is 10.5. The van der Waals surface area contributed by atoms with Crippen molar-refractivity contribution in [3.8, 4) is 0 Å². The van der Waals surface area contributed by atoms with Crippen LogP contribution in [0.15, 0.2) is 48.7 Å². The van der Waals surface area contributed by atoms with Crippen molar-refractivity contribution in [1.29, 1.82) is 0 Å². The van der Waals surface area contributed by atoms with Crippen LogP contribution in [0.1, 0.15) is 5.69 Å². The predicted molar refractivity (Wildman–Crippen MR) is 73.2 cm³/mol. The van der Waals surface area contributed by atoms with Gasteiger partial charge in [-0.1, -0.05) is 12.1 Å². The van der Waals surface area contributed by atoms with Gasteiger partial charge in [-0.2, -0.15) is 0 Å². The van der Waals surface area contributed by atoms with Crippen LogP contribution < -0.4 is 5.32 Å². The summed E-state index contributed by atoms with van der Waals surface area (Å²) in [6, 6.07) is 10.8. The highest BCUT2D eigenvalue weighted by atomic mass is 19.1. The lowest BCUT2D eigenvalue weighted by atomic mass is 10.2. The third-order valence-corrected chi connectivity index (χ3v) is 2.83. The summed E-state index contributed by atoms with van der Waals surface area (Å²) >= 11 is 0. The van der Waals surface area contributed by atoms with E-state index in [9.17, 15) is 8.78 Å². The zero-order chi connectivity index (χ0) is 13.9. The fraction of sp³-hybridized carbons (Fsp3) is 0.0667. The molecule has 2 aromatic carbocycles. The Hall–Kier alpha value is -2.56. The van der Waals surface area contributed by atoms with Crippen molar-refractivity contribution in [3.63, 3.8) is 0 Å². The van der Waals surface area contributed by atoms with Gasteiger partial charge in [0.2, 0.25) is 0 Å². The van der Waals surface area contributed by atoms with Crippen LogP contribution in [0.3, 0.4) is 0 Å². The first kappa shape index (κ1) is 12.5. The summed E-state index contributed by atoms with van der Waals surface area (Å²) in [5, 5.41) is 2.92. The smallest absolute Gasteiger partial charge is 0.128 e. The molecule has 0 saturated heterocycles. The van der Waals surface area contributed by atoms with Gasteiger partial charge in [-0.25, -0.2) is 13.8 Å². The van der Waals surface area contributed by atoms with Crippen molar-refractivity contribution in [2.24, 2.45) is 0 Å². The van der Waals surface area contributed by atoms with E-state index >= 15 is 0 Å². The standard InChI is InChI=1S/C15H11F2N3/c16-10-5-11(17)7-12(6-10)18-8-13-9-19-14-3-1-2-4-15(14)20-13/h1-7,9,18H,8H2. The van der Waals surface area contributed by atoms with E-state index in [1.165, 1.54) is 12.1 Å². The van der Waals surface area contributed by atoms with Crippen LogP contribution in [-0.2, 0) is 6.54 Å². The molecule has 0 atom stereocenters. The van der Waals surface area contributed by atoms with Crippen molar-refractivity contribution in [2.45, 2.75) is 6.54 Å². The molecule has 0 aliphatic heterocycles. The normalized spacial score (nSPS) is 10.7. The maximum atomic E-state index is 13.1. The van der Waals surface area contributed by atoms with E-state index in [0.29, 0.717) is 17.9 Å². The van der Waals surface area contributed by atoms with E-state index in [-0.39, 0.29) is 0 Å². The number of nitrogens with zero attached hydrogens (tertiary/aromatic N) is 2. The van der Waals surface area contributed by atoms with Gasteiger partial charge >= 0.3 is 0 Å². The largest absolute Gasteiger partial charge is 0.379 e. The average molecular weight is 271 g/mol. The van der Waals surface area contributed by atoms with Crippen LogP contribution in [0.25, 0.3) is 11.0 Å². The molecule has 3 rings (SSSR count). The van der Waals surface area contributed by atoms with Crippen molar-refractivity contribution in [3.05, 3.63) is 66.0 Å². The lowest BCUT2D eigenvalue weighted by Gasteiger charge is -2.07. The van der Waals surface area contributed by atoms with E-state index in [1.807, 2.05) is 24.3 Å². The summed E-state index contributed by atoms with van der Waals surface area (Å²) in [5.74, 6) is -1.23. The lowest BCUT2D eigenvalue weighted by Crippen LogP contribution is -2.03. The van der Waals surface area contributed by atoms with Crippen molar-refractivity contribution in [2.75, 3.05) is 5.32 Å². The quantitative estimate of drug-likeness (QED) is 0.792. The molecule has 1 N–H and O–H groups in total. The van der Waals surface area contributed by atoms with Gasteiger partial charge in [-0.15, -0.1) is 0 Å². The molecule has 3 nitrogen and oxygen atoms in total. The molecule has 5 heteroatoms. The number of hydrogen-bond acceptors (Lipinski definition) is 3. The van der Waals surface area contributed by atoms with Gasteiger partial charge in [0.15, 0.2) is 0 Å². The van der Waals surface area contributed by atoms with Crippen molar-refractivity contribution < 1.29 is 8.78 Å². The van der Waals surface area contributed by atoms with Crippen LogP contribution >= 0.6 is 0 Å². The maximum absolute atomic E-state index is 13.1. The summed E-state index contributed by atoms with van der Waals surface area (Å²) in [4.78, 5) is 8.70. The van der Waals surface area contributed by atoms with Gasteiger partial charge in [-0.3, -0.25) is 4.98 Å². The van der Waals surface area contributed by atoms with E-state index in [4.69, 9.17) is 0 Å². The second-order valence-corrected chi connectivity index (χ2v) is 4.36. The van der Waals surface area contributed by atoms with Gasteiger partial charge in [0, 0.05) is 11.8 Å².